The smallest absolute Gasteiger partial charge is 0.348 e. The molecule has 0 aromatic carbocycles. The van der Waals surface area contributed by atoms with Gasteiger partial charge in [0.05, 0.1) is 6.42 Å². The van der Waals surface area contributed by atoms with Gasteiger partial charge in [-0.2, -0.15) is 13.2 Å². The fourth-order valence-corrected chi connectivity index (χ4v) is 2.33. The van der Waals surface area contributed by atoms with E-state index in [4.69, 9.17) is 0 Å². The van der Waals surface area contributed by atoms with Crippen molar-refractivity contribution < 1.29 is 18.0 Å². The van der Waals surface area contributed by atoms with Crippen LogP contribution in [-0.4, -0.2) is 40.0 Å². The number of aromatic amines is 1. The van der Waals surface area contributed by atoms with Crippen LogP contribution in [0, 0.1) is 0 Å². The highest BCUT2D eigenvalue weighted by molar-refractivity contribution is 5.76. The summed E-state index contributed by atoms with van der Waals surface area (Å²) in [5.74, 6) is 0.473. The van der Waals surface area contributed by atoms with Crippen molar-refractivity contribution in [3.8, 4) is 0 Å². The van der Waals surface area contributed by atoms with Gasteiger partial charge in [-0.25, -0.2) is 4.98 Å². The third-order valence-electron chi connectivity index (χ3n) is 3.30. The Morgan fingerprint density at radius 1 is 1.53 bits per heavy atom. The Hall–Kier alpha value is -1.53. The van der Waals surface area contributed by atoms with Crippen molar-refractivity contribution in [1.29, 1.82) is 0 Å². The first-order chi connectivity index (χ1) is 8.96. The number of alkyl halides is 3. The number of aromatic nitrogens is 2. The lowest BCUT2D eigenvalue weighted by atomic mass is 9.97. The first kappa shape index (κ1) is 13.9. The highest BCUT2D eigenvalue weighted by Gasteiger charge is 2.31. The van der Waals surface area contributed by atoms with Crippen molar-refractivity contribution in [3.63, 3.8) is 0 Å². The molecule has 0 unspecified atom stereocenters. The zero-order valence-electron chi connectivity index (χ0n) is 10.4. The van der Waals surface area contributed by atoms with Gasteiger partial charge in [0.25, 0.3) is 0 Å². The van der Waals surface area contributed by atoms with Crippen molar-refractivity contribution in [2.24, 2.45) is 0 Å². The van der Waals surface area contributed by atoms with Crippen LogP contribution < -0.4 is 0 Å². The van der Waals surface area contributed by atoms with Gasteiger partial charge in [-0.1, -0.05) is 0 Å². The summed E-state index contributed by atoms with van der Waals surface area (Å²) in [4.78, 5) is 20.4. The zero-order chi connectivity index (χ0) is 13.9. The van der Waals surface area contributed by atoms with E-state index >= 15 is 0 Å². The molecule has 0 radical (unpaired) electrons. The second kappa shape index (κ2) is 5.63. The second-order valence-electron chi connectivity index (χ2n) is 4.77. The van der Waals surface area contributed by atoms with Crippen molar-refractivity contribution in [3.05, 3.63) is 18.2 Å². The van der Waals surface area contributed by atoms with Crippen LogP contribution in [0.15, 0.2) is 12.4 Å². The zero-order valence-corrected chi connectivity index (χ0v) is 10.4. The van der Waals surface area contributed by atoms with Crippen LogP contribution in [0.3, 0.4) is 0 Å². The molecule has 0 saturated carbocycles. The van der Waals surface area contributed by atoms with Crippen LogP contribution in [0.2, 0.25) is 0 Å². The molecule has 7 heteroatoms. The maximum Gasteiger partial charge on any atom is 0.389 e. The lowest BCUT2D eigenvalue weighted by Gasteiger charge is -2.32. The molecule has 1 N–H and O–H groups in total. The molecule has 0 spiro atoms. The van der Waals surface area contributed by atoms with Crippen molar-refractivity contribution in [1.82, 2.24) is 14.9 Å². The third-order valence-corrected chi connectivity index (χ3v) is 3.30. The largest absolute Gasteiger partial charge is 0.389 e. The summed E-state index contributed by atoms with van der Waals surface area (Å²) in [6, 6.07) is 0. The van der Waals surface area contributed by atoms with Gasteiger partial charge < -0.3 is 9.88 Å². The Morgan fingerprint density at radius 2 is 2.32 bits per heavy atom. The SMILES string of the molecule is O=C(CCC(F)(F)F)N1CCC[C@H](c2ncc[nH]2)C1. The summed E-state index contributed by atoms with van der Waals surface area (Å²) in [6.45, 7) is 0.984. The third kappa shape index (κ3) is 3.97. The fraction of sp³-hybridized carbons (Fsp3) is 0.667. The minimum absolute atomic E-state index is 0.0959. The maximum atomic E-state index is 12.1. The molecule has 0 aliphatic carbocycles. The number of imidazole rings is 1. The number of likely N-dealkylation sites (tertiary alicyclic amines) is 1. The Balaban J connectivity index is 1.88. The van der Waals surface area contributed by atoms with Gasteiger partial charge in [0.1, 0.15) is 5.82 Å². The van der Waals surface area contributed by atoms with Crippen molar-refractivity contribution in [2.45, 2.75) is 37.8 Å². The topological polar surface area (TPSA) is 49.0 Å². The van der Waals surface area contributed by atoms with Crippen LogP contribution in [0.1, 0.15) is 37.4 Å². The van der Waals surface area contributed by atoms with Crippen LogP contribution >= 0.6 is 0 Å². The predicted octanol–water partition coefficient (Wildman–Crippen LogP) is 2.46. The fourth-order valence-electron chi connectivity index (χ4n) is 2.33. The summed E-state index contributed by atoms with van der Waals surface area (Å²) in [6.07, 6.45) is -0.743. The number of nitrogens with zero attached hydrogens (tertiary/aromatic N) is 2. The average molecular weight is 275 g/mol. The van der Waals surface area contributed by atoms with Gasteiger partial charge in [0, 0.05) is 37.8 Å². The average Bonchev–Trinajstić information content (AvgIpc) is 2.89. The second-order valence-corrected chi connectivity index (χ2v) is 4.77. The van der Waals surface area contributed by atoms with E-state index in [-0.39, 0.29) is 5.92 Å². The molecule has 1 atom stereocenters. The molecule has 4 nitrogen and oxygen atoms in total. The van der Waals surface area contributed by atoms with Crippen molar-refractivity contribution in [2.75, 3.05) is 13.1 Å². The van der Waals surface area contributed by atoms with E-state index in [0.29, 0.717) is 13.1 Å². The molecule has 1 saturated heterocycles. The highest BCUT2D eigenvalue weighted by Crippen LogP contribution is 2.26. The molecule has 1 aromatic heterocycles. The number of rotatable bonds is 3. The van der Waals surface area contributed by atoms with Crippen molar-refractivity contribution >= 4 is 5.91 Å². The van der Waals surface area contributed by atoms with Gasteiger partial charge in [-0.05, 0) is 12.8 Å². The van der Waals surface area contributed by atoms with Crippen LogP contribution in [0.25, 0.3) is 0 Å². The Morgan fingerprint density at radius 3 is 2.95 bits per heavy atom. The Bertz CT molecular complexity index is 416. The maximum absolute atomic E-state index is 12.1. The van der Waals surface area contributed by atoms with E-state index in [9.17, 15) is 18.0 Å². The molecule has 2 heterocycles. The summed E-state index contributed by atoms with van der Waals surface area (Å²) in [5, 5.41) is 0. The lowest BCUT2D eigenvalue weighted by Crippen LogP contribution is -2.39. The lowest BCUT2D eigenvalue weighted by molar-refractivity contribution is -0.149. The van der Waals surface area contributed by atoms with Crippen LogP contribution in [0.4, 0.5) is 13.2 Å². The van der Waals surface area contributed by atoms with E-state index < -0.39 is 24.9 Å². The summed E-state index contributed by atoms with van der Waals surface area (Å²) in [5.41, 5.74) is 0. The molecule has 19 heavy (non-hydrogen) atoms. The van der Waals surface area contributed by atoms with Gasteiger partial charge in [-0.15, -0.1) is 0 Å². The standard InChI is InChI=1S/C12H16F3N3O/c13-12(14,15)4-3-10(19)18-7-1-2-9(8-18)11-16-5-6-17-11/h5-6,9H,1-4,7-8H2,(H,16,17)/t9-/m0/s1. The number of hydrogen-bond acceptors (Lipinski definition) is 2. The van der Waals surface area contributed by atoms with Gasteiger partial charge >= 0.3 is 6.18 Å². The Labute approximate surface area is 109 Å². The Kier molecular flexibility index (Phi) is 4.11. The minimum atomic E-state index is -4.27. The quantitative estimate of drug-likeness (QED) is 0.921. The number of piperidine rings is 1. The molecule has 1 aromatic rings. The molecule has 2 rings (SSSR count). The normalized spacial score (nSPS) is 20.6. The van der Waals surface area contributed by atoms with Gasteiger partial charge in [0.2, 0.25) is 5.91 Å². The van der Waals surface area contributed by atoms with Crippen LogP contribution in [0.5, 0.6) is 0 Å². The highest BCUT2D eigenvalue weighted by atomic mass is 19.4. The molecule has 0 bridgehead atoms. The predicted molar refractivity (Wildman–Crippen MR) is 62.4 cm³/mol. The van der Waals surface area contributed by atoms with E-state index in [1.807, 2.05) is 0 Å². The number of hydrogen-bond donors (Lipinski definition) is 1. The number of carbonyl (C=O) groups excluding carboxylic acids is 1. The van der Waals surface area contributed by atoms with Crippen LogP contribution in [-0.2, 0) is 4.79 Å². The minimum Gasteiger partial charge on any atom is -0.348 e. The van der Waals surface area contributed by atoms with E-state index in [1.165, 1.54) is 4.90 Å². The van der Waals surface area contributed by atoms with Gasteiger partial charge in [-0.3, -0.25) is 4.79 Å². The first-order valence-corrected chi connectivity index (χ1v) is 6.29. The molecule has 1 aliphatic heterocycles. The molecule has 1 aliphatic rings. The molecular formula is C12H16F3N3O. The van der Waals surface area contributed by atoms with E-state index in [2.05, 4.69) is 9.97 Å². The molecule has 1 amide bonds. The number of amides is 1. The summed E-state index contributed by atoms with van der Waals surface area (Å²) >= 11 is 0. The van der Waals surface area contributed by atoms with E-state index in [0.717, 1.165) is 18.7 Å². The number of H-pyrrole nitrogens is 1. The molecule has 1 fully saturated rings. The first-order valence-electron chi connectivity index (χ1n) is 6.29. The summed E-state index contributed by atoms with van der Waals surface area (Å²) < 4.78 is 36.3. The molecule has 106 valence electrons. The van der Waals surface area contributed by atoms with E-state index in [1.54, 1.807) is 12.4 Å². The number of nitrogens with one attached hydrogen (secondary N) is 1. The monoisotopic (exact) mass is 275 g/mol. The van der Waals surface area contributed by atoms with Gasteiger partial charge in [0.15, 0.2) is 0 Å². The summed E-state index contributed by atoms with van der Waals surface area (Å²) in [7, 11) is 0. The number of carbonyl (C=O) groups is 1. The number of halogens is 3. The molecular weight excluding hydrogens is 259 g/mol.